The van der Waals surface area contributed by atoms with Gasteiger partial charge in [-0.1, -0.05) is 6.07 Å². The molecule has 12 heteroatoms. The van der Waals surface area contributed by atoms with Crippen LogP contribution in [0.3, 0.4) is 0 Å². The van der Waals surface area contributed by atoms with E-state index >= 15 is 0 Å². The molecule has 0 aliphatic rings. The molecule has 10 nitrogen and oxygen atoms in total. The number of nitrogens with one attached hydrogen (secondary N) is 1. The van der Waals surface area contributed by atoms with Gasteiger partial charge in [-0.2, -0.15) is 9.78 Å². The van der Waals surface area contributed by atoms with E-state index < -0.39 is 23.3 Å². The highest BCUT2D eigenvalue weighted by Gasteiger charge is 2.24. The molecule has 0 radical (unpaired) electrons. The standard InChI is InChI=1S/C21H18FN5O5S/c1-4-32-21(30)16-14-10-33-19(23-17(28)13-9-26(2)25-18(13)31-3)15(14)20(29)27(24-16)12-7-5-6-11(22)8-12/h5-10H,4H2,1-3H3,(H,23,28). The first-order valence-electron chi connectivity index (χ1n) is 9.70. The fourth-order valence-electron chi connectivity index (χ4n) is 3.22. The van der Waals surface area contributed by atoms with E-state index in [9.17, 15) is 18.8 Å². The predicted molar refractivity (Wildman–Crippen MR) is 119 cm³/mol. The molecule has 1 amide bonds. The lowest BCUT2D eigenvalue weighted by molar-refractivity contribution is 0.0520. The molecule has 0 spiro atoms. The van der Waals surface area contributed by atoms with Crippen molar-refractivity contribution in [1.82, 2.24) is 19.6 Å². The van der Waals surface area contributed by atoms with Gasteiger partial charge < -0.3 is 14.8 Å². The Kier molecular flexibility index (Phi) is 5.92. The molecule has 0 atom stereocenters. The lowest BCUT2D eigenvalue weighted by atomic mass is 10.2. The van der Waals surface area contributed by atoms with Crippen LogP contribution >= 0.6 is 11.3 Å². The van der Waals surface area contributed by atoms with Gasteiger partial charge in [-0.25, -0.2) is 9.18 Å². The van der Waals surface area contributed by atoms with E-state index in [0.29, 0.717) is 0 Å². The first-order chi connectivity index (χ1) is 15.8. The summed E-state index contributed by atoms with van der Waals surface area (Å²) in [5.74, 6) is -1.78. The van der Waals surface area contributed by atoms with Gasteiger partial charge in [0.25, 0.3) is 11.5 Å². The molecule has 0 saturated heterocycles. The summed E-state index contributed by atoms with van der Waals surface area (Å²) in [6, 6.07) is 5.22. The van der Waals surface area contributed by atoms with Crippen LogP contribution in [-0.2, 0) is 11.8 Å². The molecule has 3 aromatic heterocycles. The topological polar surface area (TPSA) is 117 Å². The van der Waals surface area contributed by atoms with Crippen LogP contribution in [0.4, 0.5) is 9.39 Å². The van der Waals surface area contributed by atoms with E-state index in [4.69, 9.17) is 9.47 Å². The van der Waals surface area contributed by atoms with E-state index in [2.05, 4.69) is 15.5 Å². The molecule has 0 saturated carbocycles. The van der Waals surface area contributed by atoms with Crippen molar-refractivity contribution in [3.05, 3.63) is 63.3 Å². The van der Waals surface area contributed by atoms with Gasteiger partial charge in [0.2, 0.25) is 5.88 Å². The molecular weight excluding hydrogens is 453 g/mol. The Balaban J connectivity index is 1.89. The zero-order valence-electron chi connectivity index (χ0n) is 17.8. The number of aryl methyl sites for hydroxylation is 1. The molecule has 0 bridgehead atoms. The number of aromatic nitrogens is 4. The van der Waals surface area contributed by atoms with Gasteiger partial charge in [0.15, 0.2) is 5.69 Å². The van der Waals surface area contributed by atoms with Crippen LogP contribution in [0, 0.1) is 5.82 Å². The molecule has 0 aliphatic heterocycles. The van der Waals surface area contributed by atoms with Gasteiger partial charge in [-0.15, -0.1) is 16.4 Å². The van der Waals surface area contributed by atoms with Crippen LogP contribution in [-0.4, -0.2) is 45.2 Å². The molecule has 4 rings (SSSR count). The van der Waals surface area contributed by atoms with Gasteiger partial charge in [0.05, 0.1) is 24.8 Å². The summed E-state index contributed by atoms with van der Waals surface area (Å²) >= 11 is 1.04. The molecule has 1 aromatic carbocycles. The number of carbonyl (C=O) groups is 2. The fourth-order valence-corrected chi connectivity index (χ4v) is 4.15. The van der Waals surface area contributed by atoms with Crippen LogP contribution in [0.15, 0.2) is 40.6 Å². The number of carbonyl (C=O) groups excluding carboxylic acids is 2. The van der Waals surface area contributed by atoms with E-state index in [0.717, 1.165) is 22.1 Å². The molecule has 0 fully saturated rings. The molecule has 1 N–H and O–H groups in total. The van der Waals surface area contributed by atoms with Crippen molar-refractivity contribution in [2.75, 3.05) is 19.0 Å². The Morgan fingerprint density at radius 2 is 2.06 bits per heavy atom. The summed E-state index contributed by atoms with van der Waals surface area (Å²) in [5, 5.41) is 12.8. The zero-order chi connectivity index (χ0) is 23.7. The number of ether oxygens (including phenoxy) is 2. The van der Waals surface area contributed by atoms with Crippen LogP contribution < -0.4 is 15.6 Å². The number of hydrogen-bond donors (Lipinski definition) is 1. The number of esters is 1. The molecule has 170 valence electrons. The number of nitrogens with zero attached hydrogens (tertiary/aromatic N) is 4. The number of benzene rings is 1. The monoisotopic (exact) mass is 471 g/mol. The summed E-state index contributed by atoms with van der Waals surface area (Å²) in [6.07, 6.45) is 1.47. The minimum Gasteiger partial charge on any atom is -0.479 e. The normalized spacial score (nSPS) is 10.9. The maximum absolute atomic E-state index is 13.8. The second-order valence-electron chi connectivity index (χ2n) is 6.80. The number of fused-ring (bicyclic) bond motifs is 1. The SMILES string of the molecule is CCOC(=O)c1nn(-c2cccc(F)c2)c(=O)c2c(NC(=O)c3cn(C)nc3OC)scc12. The Morgan fingerprint density at radius 3 is 2.76 bits per heavy atom. The van der Waals surface area contributed by atoms with Crippen molar-refractivity contribution >= 4 is 39.0 Å². The lowest BCUT2D eigenvalue weighted by Crippen LogP contribution is -2.25. The maximum atomic E-state index is 13.8. The zero-order valence-corrected chi connectivity index (χ0v) is 18.6. The first kappa shape index (κ1) is 22.1. The number of amides is 1. The van der Waals surface area contributed by atoms with E-state index in [-0.39, 0.29) is 45.2 Å². The third-order valence-corrected chi connectivity index (χ3v) is 5.53. The van der Waals surface area contributed by atoms with E-state index in [1.54, 1.807) is 14.0 Å². The van der Waals surface area contributed by atoms with Crippen LogP contribution in [0.25, 0.3) is 16.5 Å². The molecule has 33 heavy (non-hydrogen) atoms. The first-order valence-corrected chi connectivity index (χ1v) is 10.6. The number of methoxy groups -OCH3 is 1. The van der Waals surface area contributed by atoms with Gasteiger partial charge in [0, 0.05) is 24.0 Å². The Hall–Kier alpha value is -4.06. The Morgan fingerprint density at radius 1 is 1.27 bits per heavy atom. The van der Waals surface area contributed by atoms with Gasteiger partial charge in [-0.05, 0) is 25.1 Å². The number of halogens is 1. The second kappa shape index (κ2) is 8.82. The van der Waals surface area contributed by atoms with Crippen LogP contribution in [0.2, 0.25) is 0 Å². The summed E-state index contributed by atoms with van der Waals surface area (Å²) in [4.78, 5) is 38.8. The highest BCUT2D eigenvalue weighted by molar-refractivity contribution is 7.16. The molecule has 0 aliphatic carbocycles. The summed E-state index contributed by atoms with van der Waals surface area (Å²) in [7, 11) is 3.02. The smallest absolute Gasteiger partial charge is 0.359 e. The van der Waals surface area contributed by atoms with Crippen molar-refractivity contribution < 1.29 is 23.5 Å². The summed E-state index contributed by atoms with van der Waals surface area (Å²) in [6.45, 7) is 1.73. The van der Waals surface area contributed by atoms with Crippen molar-refractivity contribution in [3.8, 4) is 11.6 Å². The van der Waals surface area contributed by atoms with Crippen molar-refractivity contribution in [1.29, 1.82) is 0 Å². The minimum absolute atomic E-state index is 0.0403. The summed E-state index contributed by atoms with van der Waals surface area (Å²) < 4.78 is 26.3. The minimum atomic E-state index is -0.753. The van der Waals surface area contributed by atoms with Crippen LogP contribution in [0.1, 0.15) is 27.8 Å². The van der Waals surface area contributed by atoms with E-state index in [1.807, 2.05) is 0 Å². The third-order valence-electron chi connectivity index (χ3n) is 4.63. The molecular formula is C21H18FN5O5S. The summed E-state index contributed by atoms with van der Waals surface area (Å²) in [5.41, 5.74) is -0.499. The lowest BCUT2D eigenvalue weighted by Gasteiger charge is -2.10. The number of hydrogen-bond acceptors (Lipinski definition) is 8. The van der Waals surface area contributed by atoms with Gasteiger partial charge >= 0.3 is 5.97 Å². The largest absolute Gasteiger partial charge is 0.479 e. The average molecular weight is 471 g/mol. The highest BCUT2D eigenvalue weighted by atomic mass is 32.1. The van der Waals surface area contributed by atoms with Gasteiger partial charge in [0.1, 0.15) is 16.4 Å². The number of anilines is 1. The Labute approximate surface area is 190 Å². The Bertz CT molecular complexity index is 1440. The van der Waals surface area contributed by atoms with Crippen molar-refractivity contribution in [3.63, 3.8) is 0 Å². The maximum Gasteiger partial charge on any atom is 0.359 e. The highest BCUT2D eigenvalue weighted by Crippen LogP contribution is 2.31. The fraction of sp³-hybridized carbons (Fsp3) is 0.190. The molecule has 0 unspecified atom stereocenters. The second-order valence-corrected chi connectivity index (χ2v) is 7.68. The van der Waals surface area contributed by atoms with Crippen molar-refractivity contribution in [2.24, 2.45) is 7.05 Å². The van der Waals surface area contributed by atoms with Crippen molar-refractivity contribution in [2.45, 2.75) is 6.92 Å². The number of thiophene rings is 1. The average Bonchev–Trinajstić information content (AvgIpc) is 3.38. The predicted octanol–water partition coefficient (Wildman–Crippen LogP) is 2.76. The molecule has 4 aromatic rings. The number of rotatable bonds is 6. The van der Waals surface area contributed by atoms with Gasteiger partial charge in [-0.3, -0.25) is 14.3 Å². The molecule has 3 heterocycles. The van der Waals surface area contributed by atoms with Crippen LogP contribution in [0.5, 0.6) is 5.88 Å². The quantitative estimate of drug-likeness (QED) is 0.430. The third kappa shape index (κ3) is 4.07. The van der Waals surface area contributed by atoms with E-state index in [1.165, 1.54) is 41.6 Å².